The van der Waals surface area contributed by atoms with Gasteiger partial charge in [0, 0.05) is 24.4 Å². The Morgan fingerprint density at radius 2 is 2.43 bits per heavy atom. The molecule has 0 radical (unpaired) electrons. The fourth-order valence-electron chi connectivity index (χ4n) is 2.43. The molecule has 1 aromatic heterocycles. The summed E-state index contributed by atoms with van der Waals surface area (Å²) in [6.07, 6.45) is 8.82. The molecule has 0 aliphatic heterocycles. The van der Waals surface area contributed by atoms with E-state index in [9.17, 15) is 0 Å². The van der Waals surface area contributed by atoms with Gasteiger partial charge in [-0.25, -0.2) is 4.98 Å². The largest absolute Gasteiger partial charge is 0.331 e. The molecule has 2 atom stereocenters. The van der Waals surface area contributed by atoms with Gasteiger partial charge in [-0.1, -0.05) is 6.92 Å². The Balaban J connectivity index is 2.11. The molecule has 2 unspecified atom stereocenters. The lowest BCUT2D eigenvalue weighted by Gasteiger charge is -2.14. The van der Waals surface area contributed by atoms with Gasteiger partial charge >= 0.3 is 0 Å². The highest BCUT2D eigenvalue weighted by molar-refractivity contribution is 5.02. The summed E-state index contributed by atoms with van der Waals surface area (Å²) in [4.78, 5) is 4.22. The van der Waals surface area contributed by atoms with E-state index in [2.05, 4.69) is 16.5 Å². The van der Waals surface area contributed by atoms with Crippen LogP contribution in [0.3, 0.4) is 0 Å². The van der Waals surface area contributed by atoms with Crippen LogP contribution in [0.4, 0.5) is 0 Å². The Kier molecular flexibility index (Phi) is 2.87. The van der Waals surface area contributed by atoms with Crippen molar-refractivity contribution in [2.45, 2.75) is 38.6 Å². The standard InChI is InChI=1S/C11H19N3/c1-9-2-3-10(6-9)14-8-13-7-11(14)4-5-12/h7-10H,2-6,12H2,1H3. The summed E-state index contributed by atoms with van der Waals surface area (Å²) >= 11 is 0. The molecule has 2 N–H and O–H groups in total. The van der Waals surface area contributed by atoms with Crippen molar-refractivity contribution in [3.63, 3.8) is 0 Å². The lowest BCUT2D eigenvalue weighted by atomic mass is 10.1. The number of imidazole rings is 1. The quantitative estimate of drug-likeness (QED) is 0.794. The minimum absolute atomic E-state index is 0.675. The van der Waals surface area contributed by atoms with Gasteiger partial charge in [0.05, 0.1) is 6.33 Å². The second-order valence-electron chi connectivity index (χ2n) is 4.40. The highest BCUT2D eigenvalue weighted by Crippen LogP contribution is 2.34. The first-order valence-electron chi connectivity index (χ1n) is 5.52. The molecule has 78 valence electrons. The summed E-state index contributed by atoms with van der Waals surface area (Å²) in [7, 11) is 0. The van der Waals surface area contributed by atoms with Gasteiger partial charge in [-0.3, -0.25) is 0 Å². The van der Waals surface area contributed by atoms with E-state index in [0.29, 0.717) is 12.6 Å². The summed E-state index contributed by atoms with van der Waals surface area (Å²) in [5.41, 5.74) is 6.87. The number of aromatic nitrogens is 2. The van der Waals surface area contributed by atoms with Gasteiger partial charge in [0.25, 0.3) is 0 Å². The van der Waals surface area contributed by atoms with Crippen LogP contribution in [0.25, 0.3) is 0 Å². The van der Waals surface area contributed by atoms with E-state index < -0.39 is 0 Å². The Bertz CT molecular complexity index is 292. The van der Waals surface area contributed by atoms with E-state index in [1.807, 2.05) is 12.5 Å². The smallest absolute Gasteiger partial charge is 0.0950 e. The lowest BCUT2D eigenvalue weighted by molar-refractivity contribution is 0.479. The Morgan fingerprint density at radius 1 is 1.57 bits per heavy atom. The van der Waals surface area contributed by atoms with Crippen LogP contribution >= 0.6 is 0 Å². The molecule has 0 spiro atoms. The van der Waals surface area contributed by atoms with Crippen LogP contribution in [-0.4, -0.2) is 16.1 Å². The van der Waals surface area contributed by atoms with E-state index in [4.69, 9.17) is 5.73 Å². The molecule has 14 heavy (non-hydrogen) atoms. The SMILES string of the molecule is CC1CCC(n2cncc2CCN)C1. The van der Waals surface area contributed by atoms with Gasteiger partial charge in [0.2, 0.25) is 0 Å². The van der Waals surface area contributed by atoms with E-state index in [-0.39, 0.29) is 0 Å². The fourth-order valence-corrected chi connectivity index (χ4v) is 2.43. The minimum atomic E-state index is 0.675. The van der Waals surface area contributed by atoms with Crippen molar-refractivity contribution in [2.24, 2.45) is 11.7 Å². The van der Waals surface area contributed by atoms with Crippen LogP contribution in [0.15, 0.2) is 12.5 Å². The molecule has 1 heterocycles. The maximum Gasteiger partial charge on any atom is 0.0950 e. The molecule has 1 aliphatic rings. The zero-order valence-corrected chi connectivity index (χ0v) is 8.82. The number of hydrogen-bond donors (Lipinski definition) is 1. The van der Waals surface area contributed by atoms with E-state index in [0.717, 1.165) is 12.3 Å². The van der Waals surface area contributed by atoms with Crippen molar-refractivity contribution in [2.75, 3.05) is 6.54 Å². The van der Waals surface area contributed by atoms with Gasteiger partial charge < -0.3 is 10.3 Å². The van der Waals surface area contributed by atoms with Crippen LogP contribution in [0.5, 0.6) is 0 Å². The molecule has 1 aliphatic carbocycles. The molecule has 1 aromatic rings. The number of nitrogens with zero attached hydrogens (tertiary/aromatic N) is 2. The van der Waals surface area contributed by atoms with E-state index in [1.165, 1.54) is 25.0 Å². The molecule has 2 rings (SSSR count). The molecule has 0 saturated heterocycles. The van der Waals surface area contributed by atoms with Crippen LogP contribution < -0.4 is 5.73 Å². The van der Waals surface area contributed by atoms with Crippen molar-refractivity contribution in [1.29, 1.82) is 0 Å². The Morgan fingerprint density at radius 3 is 3.07 bits per heavy atom. The van der Waals surface area contributed by atoms with Crippen molar-refractivity contribution in [3.05, 3.63) is 18.2 Å². The van der Waals surface area contributed by atoms with Crippen molar-refractivity contribution >= 4 is 0 Å². The number of rotatable bonds is 3. The van der Waals surface area contributed by atoms with Gasteiger partial charge in [0.15, 0.2) is 0 Å². The van der Waals surface area contributed by atoms with Crippen molar-refractivity contribution in [3.8, 4) is 0 Å². The number of hydrogen-bond acceptors (Lipinski definition) is 2. The maximum atomic E-state index is 5.57. The third-order valence-electron chi connectivity index (χ3n) is 3.21. The Labute approximate surface area is 85.3 Å². The van der Waals surface area contributed by atoms with Crippen LogP contribution in [-0.2, 0) is 6.42 Å². The molecule has 0 bridgehead atoms. The summed E-state index contributed by atoms with van der Waals surface area (Å²) < 4.78 is 2.33. The summed E-state index contributed by atoms with van der Waals surface area (Å²) in [6, 6.07) is 0.675. The predicted octanol–water partition coefficient (Wildman–Crippen LogP) is 1.75. The third-order valence-corrected chi connectivity index (χ3v) is 3.21. The highest BCUT2D eigenvalue weighted by atomic mass is 15.1. The Hall–Kier alpha value is -0.830. The van der Waals surface area contributed by atoms with Gasteiger partial charge in [-0.05, 0) is 31.7 Å². The topological polar surface area (TPSA) is 43.8 Å². The molecular formula is C11H19N3. The minimum Gasteiger partial charge on any atom is -0.331 e. The second kappa shape index (κ2) is 4.13. The first kappa shape index (κ1) is 9.71. The molecule has 0 aromatic carbocycles. The van der Waals surface area contributed by atoms with Crippen molar-refractivity contribution in [1.82, 2.24) is 9.55 Å². The highest BCUT2D eigenvalue weighted by Gasteiger charge is 2.23. The van der Waals surface area contributed by atoms with Gasteiger partial charge in [-0.2, -0.15) is 0 Å². The first-order valence-corrected chi connectivity index (χ1v) is 5.52. The monoisotopic (exact) mass is 193 g/mol. The summed E-state index contributed by atoms with van der Waals surface area (Å²) in [6.45, 7) is 3.05. The first-order chi connectivity index (χ1) is 6.81. The molecular weight excluding hydrogens is 174 g/mol. The molecule has 1 fully saturated rings. The van der Waals surface area contributed by atoms with Crippen molar-refractivity contribution < 1.29 is 0 Å². The second-order valence-corrected chi connectivity index (χ2v) is 4.40. The zero-order valence-electron chi connectivity index (χ0n) is 8.82. The predicted molar refractivity (Wildman–Crippen MR) is 57.0 cm³/mol. The third kappa shape index (κ3) is 1.82. The van der Waals surface area contributed by atoms with Gasteiger partial charge in [-0.15, -0.1) is 0 Å². The normalized spacial score (nSPS) is 27.0. The van der Waals surface area contributed by atoms with Crippen LogP contribution in [0.1, 0.15) is 37.9 Å². The number of nitrogens with two attached hydrogens (primary N) is 1. The molecule has 3 heteroatoms. The molecule has 1 saturated carbocycles. The van der Waals surface area contributed by atoms with Gasteiger partial charge in [0.1, 0.15) is 0 Å². The molecule has 3 nitrogen and oxygen atoms in total. The zero-order chi connectivity index (χ0) is 9.97. The summed E-state index contributed by atoms with van der Waals surface area (Å²) in [5.74, 6) is 0.869. The maximum absolute atomic E-state index is 5.57. The molecule has 0 amide bonds. The van der Waals surface area contributed by atoms with Crippen LogP contribution in [0, 0.1) is 5.92 Å². The fraction of sp³-hybridized carbons (Fsp3) is 0.727. The van der Waals surface area contributed by atoms with E-state index >= 15 is 0 Å². The average Bonchev–Trinajstić information content (AvgIpc) is 2.74. The summed E-state index contributed by atoms with van der Waals surface area (Å²) in [5, 5.41) is 0. The average molecular weight is 193 g/mol. The van der Waals surface area contributed by atoms with Crippen LogP contribution in [0.2, 0.25) is 0 Å². The van der Waals surface area contributed by atoms with E-state index in [1.54, 1.807) is 0 Å². The lowest BCUT2D eigenvalue weighted by Crippen LogP contribution is -2.12.